The molecule has 0 aromatic rings. The summed E-state index contributed by atoms with van der Waals surface area (Å²) in [6.07, 6.45) is 37.2. The number of esters is 2. The smallest absolute Gasteiger partial charge is 0.462 e. The molecule has 0 fully saturated rings. The average Bonchev–Trinajstić information content (AvgIpc) is 3.07. The van der Waals surface area contributed by atoms with E-state index in [1.54, 1.807) is 0 Å². The summed E-state index contributed by atoms with van der Waals surface area (Å²) in [5, 5.41) is 0. The van der Waals surface area contributed by atoms with Crippen LogP contribution in [-0.2, 0) is 32.7 Å². The molecule has 48 heavy (non-hydrogen) atoms. The molecule has 0 aromatic heterocycles. The van der Waals surface area contributed by atoms with Crippen molar-refractivity contribution in [2.45, 2.75) is 155 Å². The highest BCUT2D eigenvalue weighted by Crippen LogP contribution is 2.43. The van der Waals surface area contributed by atoms with E-state index in [9.17, 15) is 19.0 Å². The number of ether oxygens (including phenoxy) is 2. The molecule has 2 atom stereocenters. The topological polar surface area (TPSA) is 134 Å². The molecule has 0 saturated heterocycles. The van der Waals surface area contributed by atoms with Crippen LogP contribution in [0.1, 0.15) is 149 Å². The normalized spacial score (nSPS) is 14.0. The summed E-state index contributed by atoms with van der Waals surface area (Å²) in [5.74, 6) is -0.858. The van der Waals surface area contributed by atoms with Gasteiger partial charge in [0, 0.05) is 19.4 Å². The van der Waals surface area contributed by atoms with Crippen LogP contribution in [0.4, 0.5) is 0 Å². The molecule has 0 aliphatic heterocycles. The summed E-state index contributed by atoms with van der Waals surface area (Å²) in [5.41, 5.74) is 5.32. The molecular weight excluding hydrogens is 629 g/mol. The van der Waals surface area contributed by atoms with Gasteiger partial charge in [0.2, 0.25) is 0 Å². The Morgan fingerprint density at radius 3 is 1.73 bits per heavy atom. The molecule has 2 unspecified atom stereocenters. The molecule has 0 aliphatic carbocycles. The second-order valence-corrected chi connectivity index (χ2v) is 13.5. The number of hydrogen-bond acceptors (Lipinski definition) is 8. The molecular formula is C38H68NO8P. The Kier molecular flexibility index (Phi) is 33.3. The van der Waals surface area contributed by atoms with Crippen LogP contribution in [0.5, 0.6) is 0 Å². The third-order valence-electron chi connectivity index (χ3n) is 7.43. The van der Waals surface area contributed by atoms with Gasteiger partial charge in [-0.25, -0.2) is 4.57 Å². The molecule has 9 nitrogen and oxygen atoms in total. The number of unbranched alkanes of at least 4 members (excludes halogenated alkanes) is 13. The van der Waals surface area contributed by atoms with Gasteiger partial charge in [0.25, 0.3) is 0 Å². The van der Waals surface area contributed by atoms with Gasteiger partial charge in [-0.3, -0.25) is 18.6 Å². The zero-order chi connectivity index (χ0) is 35.4. The standard InChI is InChI=1S/C38H68NO8P/c1-3-5-7-9-11-13-15-16-17-18-19-20-21-23-25-27-29-31-38(41)47-36(35-46-48(42,43)45-33-32-39)34-44-37(40)30-28-26-24-22-14-12-10-8-6-4-2/h5,7-8,10-11,13,16-17,36H,3-4,6,9,12,14-15,18-35,39H2,1-2H3,(H,42,43)/b7-5-,10-8-,13-11-,17-16-. The van der Waals surface area contributed by atoms with Gasteiger partial charge in [-0.05, 0) is 64.2 Å². The van der Waals surface area contributed by atoms with Gasteiger partial charge in [-0.1, -0.05) is 120 Å². The molecule has 0 aromatic carbocycles. The fraction of sp³-hybridized carbons (Fsp3) is 0.737. The van der Waals surface area contributed by atoms with Gasteiger partial charge in [0.1, 0.15) is 6.61 Å². The Bertz CT molecular complexity index is 934. The van der Waals surface area contributed by atoms with Gasteiger partial charge >= 0.3 is 19.8 Å². The van der Waals surface area contributed by atoms with Crippen molar-refractivity contribution in [3.8, 4) is 0 Å². The average molecular weight is 698 g/mol. The number of allylic oxidation sites excluding steroid dienone is 8. The lowest BCUT2D eigenvalue weighted by Gasteiger charge is -2.19. The van der Waals surface area contributed by atoms with Crippen molar-refractivity contribution in [3.05, 3.63) is 48.6 Å². The number of phosphoric acid groups is 1. The number of carbonyl (C=O) groups excluding carboxylic acids is 2. The first-order valence-corrected chi connectivity index (χ1v) is 20.1. The van der Waals surface area contributed by atoms with E-state index in [0.29, 0.717) is 6.42 Å². The SMILES string of the molecule is CC/C=C\C/C=C\C/C=C\CCCCCCCCCC(=O)OC(COC(=O)CCCCCCC/C=C\CCC)COP(=O)(O)OCCN. The lowest BCUT2D eigenvalue weighted by Crippen LogP contribution is -2.29. The van der Waals surface area contributed by atoms with Crippen molar-refractivity contribution in [3.63, 3.8) is 0 Å². The van der Waals surface area contributed by atoms with Crippen molar-refractivity contribution in [1.82, 2.24) is 0 Å². The first-order valence-electron chi connectivity index (χ1n) is 18.6. The van der Waals surface area contributed by atoms with Gasteiger partial charge in [0.15, 0.2) is 6.10 Å². The van der Waals surface area contributed by atoms with Gasteiger partial charge in [-0.2, -0.15) is 0 Å². The van der Waals surface area contributed by atoms with Crippen molar-refractivity contribution in [2.75, 3.05) is 26.4 Å². The number of hydrogen-bond donors (Lipinski definition) is 2. The Balaban J connectivity index is 4.24. The number of nitrogens with two attached hydrogens (primary N) is 1. The summed E-state index contributed by atoms with van der Waals surface area (Å²) < 4.78 is 32.6. The van der Waals surface area contributed by atoms with E-state index in [2.05, 4.69) is 62.5 Å². The van der Waals surface area contributed by atoms with E-state index >= 15 is 0 Å². The molecule has 3 N–H and O–H groups in total. The first kappa shape index (κ1) is 46.0. The zero-order valence-corrected chi connectivity index (χ0v) is 31.1. The predicted molar refractivity (Wildman–Crippen MR) is 196 cm³/mol. The van der Waals surface area contributed by atoms with Crippen LogP contribution in [0, 0.1) is 0 Å². The van der Waals surface area contributed by atoms with Gasteiger partial charge in [-0.15, -0.1) is 0 Å². The molecule has 0 radical (unpaired) electrons. The Hall–Kier alpha value is -2.03. The molecule has 0 heterocycles. The Labute approximate surface area is 292 Å². The van der Waals surface area contributed by atoms with Crippen LogP contribution >= 0.6 is 7.82 Å². The first-order chi connectivity index (χ1) is 23.3. The van der Waals surface area contributed by atoms with Crippen LogP contribution in [0.2, 0.25) is 0 Å². The maximum Gasteiger partial charge on any atom is 0.472 e. The van der Waals surface area contributed by atoms with E-state index in [-0.39, 0.29) is 32.6 Å². The monoisotopic (exact) mass is 697 g/mol. The summed E-state index contributed by atoms with van der Waals surface area (Å²) in [7, 11) is -4.37. The van der Waals surface area contributed by atoms with E-state index in [1.807, 2.05) is 0 Å². The van der Waals surface area contributed by atoms with E-state index in [1.165, 1.54) is 25.7 Å². The van der Waals surface area contributed by atoms with E-state index in [0.717, 1.165) is 89.9 Å². The van der Waals surface area contributed by atoms with Crippen molar-refractivity contribution < 1.29 is 37.6 Å². The highest BCUT2D eigenvalue weighted by atomic mass is 31.2. The van der Waals surface area contributed by atoms with Crippen LogP contribution in [0.3, 0.4) is 0 Å². The fourth-order valence-corrected chi connectivity index (χ4v) is 5.47. The molecule has 0 amide bonds. The highest BCUT2D eigenvalue weighted by molar-refractivity contribution is 7.47. The van der Waals surface area contributed by atoms with Gasteiger partial charge < -0.3 is 20.1 Å². The minimum Gasteiger partial charge on any atom is -0.462 e. The second-order valence-electron chi connectivity index (χ2n) is 12.1. The molecule has 0 rings (SSSR count). The maximum atomic E-state index is 12.5. The Morgan fingerprint density at radius 1 is 0.646 bits per heavy atom. The van der Waals surface area contributed by atoms with Crippen LogP contribution < -0.4 is 5.73 Å². The van der Waals surface area contributed by atoms with Gasteiger partial charge in [0.05, 0.1) is 13.2 Å². The predicted octanol–water partition coefficient (Wildman–Crippen LogP) is 9.99. The molecule has 278 valence electrons. The highest BCUT2D eigenvalue weighted by Gasteiger charge is 2.25. The summed E-state index contributed by atoms with van der Waals surface area (Å²) in [4.78, 5) is 34.6. The van der Waals surface area contributed by atoms with Crippen LogP contribution in [-0.4, -0.2) is 49.3 Å². The fourth-order valence-electron chi connectivity index (χ4n) is 4.71. The minimum atomic E-state index is -4.37. The van der Waals surface area contributed by atoms with Crippen LogP contribution in [0.15, 0.2) is 48.6 Å². The minimum absolute atomic E-state index is 0.0487. The number of carbonyl (C=O) groups is 2. The third kappa shape index (κ3) is 33.9. The molecule has 0 spiro atoms. The summed E-state index contributed by atoms with van der Waals surface area (Å²) in [6, 6.07) is 0. The maximum absolute atomic E-state index is 12.5. The molecule has 0 saturated carbocycles. The number of rotatable bonds is 34. The molecule has 0 aliphatic rings. The lowest BCUT2D eigenvalue weighted by atomic mass is 10.1. The summed E-state index contributed by atoms with van der Waals surface area (Å²) >= 11 is 0. The van der Waals surface area contributed by atoms with Crippen molar-refractivity contribution in [1.29, 1.82) is 0 Å². The molecule has 10 heteroatoms. The largest absolute Gasteiger partial charge is 0.472 e. The third-order valence-corrected chi connectivity index (χ3v) is 8.41. The molecule has 0 bridgehead atoms. The quantitative estimate of drug-likeness (QED) is 0.0291. The zero-order valence-electron chi connectivity index (χ0n) is 30.2. The van der Waals surface area contributed by atoms with Crippen molar-refractivity contribution >= 4 is 19.8 Å². The van der Waals surface area contributed by atoms with Crippen LogP contribution in [0.25, 0.3) is 0 Å². The lowest BCUT2D eigenvalue weighted by molar-refractivity contribution is -0.161. The number of phosphoric ester groups is 1. The van der Waals surface area contributed by atoms with E-state index < -0.39 is 32.5 Å². The van der Waals surface area contributed by atoms with Crippen molar-refractivity contribution in [2.24, 2.45) is 5.73 Å². The summed E-state index contributed by atoms with van der Waals surface area (Å²) in [6.45, 7) is 3.51. The van der Waals surface area contributed by atoms with E-state index in [4.69, 9.17) is 24.3 Å². The Morgan fingerprint density at radius 2 is 1.15 bits per heavy atom. The second kappa shape index (κ2) is 34.8.